The summed E-state index contributed by atoms with van der Waals surface area (Å²) in [5.41, 5.74) is 0. The molecule has 0 aliphatic rings. The summed E-state index contributed by atoms with van der Waals surface area (Å²) in [7, 11) is 1.86. The number of carboxylic acid groups (broad SMARTS) is 1. The molecule has 0 aromatic heterocycles. The fourth-order valence-corrected chi connectivity index (χ4v) is 2.22. The minimum Gasteiger partial charge on any atom is -0.548 e. The Balaban J connectivity index is 0. The molecule has 20 heavy (non-hydrogen) atoms. The van der Waals surface area contributed by atoms with Gasteiger partial charge >= 0.3 is 51.4 Å². The maximum atomic E-state index is 10.7. The number of unbranched alkanes of at least 4 members (excludes halogenated alkanes) is 9. The Morgan fingerprint density at radius 2 is 1.35 bits per heavy atom. The van der Waals surface area contributed by atoms with E-state index in [0.29, 0.717) is 0 Å². The SMILES string of the molecule is CCCCCCCCCCCCN(C)[C@@H](C)C(=O)[O-].[K+]. The average molecular weight is 310 g/mol. The van der Waals surface area contributed by atoms with Gasteiger partial charge in [0.25, 0.3) is 0 Å². The number of hydrogen-bond acceptors (Lipinski definition) is 3. The second kappa shape index (κ2) is 16.4. The molecule has 114 valence electrons. The van der Waals surface area contributed by atoms with Crippen LogP contribution < -0.4 is 56.5 Å². The predicted octanol–water partition coefficient (Wildman–Crippen LogP) is -0.0185. The van der Waals surface area contributed by atoms with Crippen molar-refractivity contribution >= 4 is 5.97 Å². The van der Waals surface area contributed by atoms with E-state index in [2.05, 4.69) is 6.92 Å². The number of carboxylic acids is 1. The van der Waals surface area contributed by atoms with Gasteiger partial charge in [-0.1, -0.05) is 64.7 Å². The van der Waals surface area contributed by atoms with Gasteiger partial charge in [-0.25, -0.2) is 0 Å². The van der Waals surface area contributed by atoms with Crippen molar-refractivity contribution in [3.63, 3.8) is 0 Å². The third-order valence-electron chi connectivity index (χ3n) is 3.87. The normalized spacial score (nSPS) is 12.2. The molecule has 0 unspecified atom stereocenters. The molecular formula is C16H32KNO2. The number of carbonyl (C=O) groups is 1. The number of nitrogens with zero attached hydrogens (tertiary/aromatic N) is 1. The molecule has 0 fully saturated rings. The Bertz CT molecular complexity index is 225. The van der Waals surface area contributed by atoms with E-state index in [-0.39, 0.29) is 51.4 Å². The first kappa shape index (κ1) is 23.3. The van der Waals surface area contributed by atoms with E-state index in [1.165, 1.54) is 57.8 Å². The van der Waals surface area contributed by atoms with Crippen LogP contribution in [0, 0.1) is 0 Å². The third kappa shape index (κ3) is 14.0. The molecule has 0 rings (SSSR count). The molecule has 0 aliphatic carbocycles. The first-order chi connectivity index (χ1) is 9.09. The molecule has 0 aromatic rings. The molecule has 0 heterocycles. The molecule has 1 atom stereocenters. The van der Waals surface area contributed by atoms with Crippen molar-refractivity contribution in [3.8, 4) is 0 Å². The Morgan fingerprint density at radius 3 is 1.75 bits per heavy atom. The molecule has 4 heteroatoms. The summed E-state index contributed by atoms with van der Waals surface area (Å²) in [4.78, 5) is 12.5. The molecule has 0 saturated heterocycles. The monoisotopic (exact) mass is 309 g/mol. The largest absolute Gasteiger partial charge is 1.00 e. The van der Waals surface area contributed by atoms with Crippen LogP contribution in [0.15, 0.2) is 0 Å². The minimum absolute atomic E-state index is 0. The summed E-state index contributed by atoms with van der Waals surface area (Å²) in [6.07, 6.45) is 13.1. The van der Waals surface area contributed by atoms with Crippen molar-refractivity contribution in [2.24, 2.45) is 0 Å². The second-order valence-electron chi connectivity index (χ2n) is 5.66. The number of rotatable bonds is 13. The van der Waals surface area contributed by atoms with Crippen LogP contribution in [0.2, 0.25) is 0 Å². The van der Waals surface area contributed by atoms with Crippen LogP contribution in [-0.2, 0) is 4.79 Å². The molecule has 0 bridgehead atoms. The predicted molar refractivity (Wildman–Crippen MR) is 78.9 cm³/mol. The molecule has 0 radical (unpaired) electrons. The summed E-state index contributed by atoms with van der Waals surface area (Å²) in [5, 5.41) is 10.7. The van der Waals surface area contributed by atoms with Gasteiger partial charge < -0.3 is 9.90 Å². The Kier molecular flexibility index (Phi) is 19.2. The van der Waals surface area contributed by atoms with Gasteiger partial charge in [0.15, 0.2) is 0 Å². The zero-order valence-electron chi connectivity index (χ0n) is 14.1. The maximum absolute atomic E-state index is 10.7. The van der Waals surface area contributed by atoms with Crippen LogP contribution in [0.5, 0.6) is 0 Å². The van der Waals surface area contributed by atoms with Crippen molar-refractivity contribution in [1.82, 2.24) is 4.90 Å². The maximum Gasteiger partial charge on any atom is 1.00 e. The van der Waals surface area contributed by atoms with Gasteiger partial charge in [-0.05, 0) is 26.9 Å². The number of likely N-dealkylation sites (N-methyl/N-ethyl adjacent to an activating group) is 1. The van der Waals surface area contributed by atoms with E-state index < -0.39 is 12.0 Å². The van der Waals surface area contributed by atoms with E-state index in [4.69, 9.17) is 0 Å². The van der Waals surface area contributed by atoms with Gasteiger partial charge in [-0.3, -0.25) is 4.90 Å². The van der Waals surface area contributed by atoms with Gasteiger partial charge in [-0.2, -0.15) is 0 Å². The van der Waals surface area contributed by atoms with Gasteiger partial charge in [0.05, 0.1) is 5.97 Å². The Hall–Kier alpha value is 1.07. The van der Waals surface area contributed by atoms with Crippen LogP contribution in [0.1, 0.15) is 78.1 Å². The number of aliphatic carboxylic acids is 1. The zero-order chi connectivity index (χ0) is 14.5. The summed E-state index contributed by atoms with van der Waals surface area (Å²) >= 11 is 0. The van der Waals surface area contributed by atoms with E-state index in [1.54, 1.807) is 6.92 Å². The first-order valence-electron chi connectivity index (χ1n) is 8.00. The average Bonchev–Trinajstić information content (AvgIpc) is 2.39. The van der Waals surface area contributed by atoms with Gasteiger partial charge in [-0.15, -0.1) is 0 Å². The molecule has 0 spiro atoms. The van der Waals surface area contributed by atoms with Crippen molar-refractivity contribution < 1.29 is 61.3 Å². The summed E-state index contributed by atoms with van der Waals surface area (Å²) in [6.45, 7) is 4.79. The van der Waals surface area contributed by atoms with E-state index in [9.17, 15) is 9.90 Å². The van der Waals surface area contributed by atoms with E-state index >= 15 is 0 Å². The third-order valence-corrected chi connectivity index (χ3v) is 3.87. The van der Waals surface area contributed by atoms with E-state index in [1.807, 2.05) is 11.9 Å². The molecule has 0 N–H and O–H groups in total. The van der Waals surface area contributed by atoms with Crippen LogP contribution in [0.3, 0.4) is 0 Å². The fraction of sp³-hybridized carbons (Fsp3) is 0.938. The zero-order valence-corrected chi connectivity index (χ0v) is 17.2. The number of hydrogen-bond donors (Lipinski definition) is 0. The molecule has 0 aromatic carbocycles. The fourth-order valence-electron chi connectivity index (χ4n) is 2.22. The molecule has 3 nitrogen and oxygen atoms in total. The summed E-state index contributed by atoms with van der Waals surface area (Å²) in [6, 6.07) is -0.474. The number of carbonyl (C=O) groups excluding carboxylic acids is 1. The topological polar surface area (TPSA) is 43.4 Å². The smallest absolute Gasteiger partial charge is 0.548 e. The Morgan fingerprint density at radius 1 is 0.950 bits per heavy atom. The van der Waals surface area contributed by atoms with Crippen LogP contribution in [0.4, 0.5) is 0 Å². The molecule has 0 saturated carbocycles. The molecule has 0 aliphatic heterocycles. The summed E-state index contributed by atoms with van der Waals surface area (Å²) in [5.74, 6) is -0.977. The Labute approximate surface area is 168 Å². The molecular weight excluding hydrogens is 277 g/mol. The second-order valence-corrected chi connectivity index (χ2v) is 5.66. The van der Waals surface area contributed by atoms with Gasteiger partial charge in [0.1, 0.15) is 0 Å². The first-order valence-corrected chi connectivity index (χ1v) is 8.00. The van der Waals surface area contributed by atoms with Crippen LogP contribution in [0.25, 0.3) is 0 Å². The van der Waals surface area contributed by atoms with Crippen molar-refractivity contribution in [1.29, 1.82) is 0 Å². The van der Waals surface area contributed by atoms with Crippen molar-refractivity contribution in [2.75, 3.05) is 13.6 Å². The van der Waals surface area contributed by atoms with Crippen LogP contribution in [-0.4, -0.2) is 30.5 Å². The van der Waals surface area contributed by atoms with Gasteiger partial charge in [0, 0.05) is 6.04 Å². The summed E-state index contributed by atoms with van der Waals surface area (Å²) < 4.78 is 0. The quantitative estimate of drug-likeness (QED) is 0.355. The minimum atomic E-state index is -0.977. The van der Waals surface area contributed by atoms with Crippen LogP contribution >= 0.6 is 0 Å². The van der Waals surface area contributed by atoms with Crippen molar-refractivity contribution in [2.45, 2.75) is 84.1 Å². The van der Waals surface area contributed by atoms with Gasteiger partial charge in [0.2, 0.25) is 0 Å². The van der Waals surface area contributed by atoms with E-state index in [0.717, 1.165) is 13.0 Å². The van der Waals surface area contributed by atoms with Crippen molar-refractivity contribution in [3.05, 3.63) is 0 Å². The molecule has 0 amide bonds. The standard InChI is InChI=1S/C16H33NO2.K/c1-4-5-6-7-8-9-10-11-12-13-14-17(3)15(2)16(18)19;/h15H,4-14H2,1-3H3,(H,18,19);/q;+1/p-1/t15-;/m0./s1.